The fraction of sp³-hybridized carbons (Fsp3) is 0.938. The van der Waals surface area contributed by atoms with E-state index in [1.165, 1.54) is 19.3 Å². The minimum absolute atomic E-state index is 0.116. The lowest BCUT2D eigenvalue weighted by Gasteiger charge is -2.40. The van der Waals surface area contributed by atoms with Gasteiger partial charge in [0.05, 0.1) is 5.60 Å². The fourth-order valence-corrected chi connectivity index (χ4v) is 3.30. The van der Waals surface area contributed by atoms with Gasteiger partial charge in [0.1, 0.15) is 0 Å². The maximum Gasteiger partial charge on any atom is 0.315 e. The maximum atomic E-state index is 11.9. The van der Waals surface area contributed by atoms with Crippen molar-refractivity contribution >= 4 is 6.03 Å². The van der Waals surface area contributed by atoms with Crippen LogP contribution in [0.15, 0.2) is 0 Å². The van der Waals surface area contributed by atoms with E-state index >= 15 is 0 Å². The molecule has 0 aromatic carbocycles. The lowest BCUT2D eigenvalue weighted by Crippen LogP contribution is -2.50. The normalized spacial score (nSPS) is 25.9. The van der Waals surface area contributed by atoms with Gasteiger partial charge in [-0.05, 0) is 43.9 Å². The Kier molecular flexibility index (Phi) is 4.95. The van der Waals surface area contributed by atoms with E-state index in [0.29, 0.717) is 18.0 Å². The SMILES string of the molecule is CC1(C)CCC(O)(CNC(=O)NC2CCCCC2)CC1. The summed E-state index contributed by atoms with van der Waals surface area (Å²) < 4.78 is 0. The second-order valence-corrected chi connectivity index (χ2v) is 7.55. The van der Waals surface area contributed by atoms with Crippen LogP contribution in [0.1, 0.15) is 71.6 Å². The molecule has 0 radical (unpaired) electrons. The molecule has 0 atom stereocenters. The average Bonchev–Trinajstić information content (AvgIpc) is 2.42. The molecule has 2 fully saturated rings. The number of aliphatic hydroxyl groups is 1. The number of carbonyl (C=O) groups is 1. The molecule has 2 aliphatic carbocycles. The molecule has 20 heavy (non-hydrogen) atoms. The number of carbonyl (C=O) groups excluding carboxylic acids is 1. The van der Waals surface area contributed by atoms with Gasteiger partial charge in [-0.1, -0.05) is 33.1 Å². The third-order valence-electron chi connectivity index (χ3n) is 5.05. The van der Waals surface area contributed by atoms with Crippen molar-refractivity contribution in [2.45, 2.75) is 83.3 Å². The average molecular weight is 282 g/mol. The molecule has 2 aliphatic rings. The van der Waals surface area contributed by atoms with Crippen LogP contribution >= 0.6 is 0 Å². The van der Waals surface area contributed by atoms with E-state index < -0.39 is 5.60 Å². The molecule has 116 valence electrons. The Morgan fingerprint density at radius 1 is 1.10 bits per heavy atom. The maximum absolute atomic E-state index is 11.9. The van der Waals surface area contributed by atoms with Gasteiger partial charge in [0.25, 0.3) is 0 Å². The molecule has 2 saturated carbocycles. The molecule has 4 nitrogen and oxygen atoms in total. The van der Waals surface area contributed by atoms with Crippen LogP contribution in [0, 0.1) is 5.41 Å². The quantitative estimate of drug-likeness (QED) is 0.745. The molecule has 0 heterocycles. The second-order valence-electron chi connectivity index (χ2n) is 7.55. The number of rotatable bonds is 3. The van der Waals surface area contributed by atoms with Crippen LogP contribution in [0.25, 0.3) is 0 Å². The zero-order valence-corrected chi connectivity index (χ0v) is 13.0. The van der Waals surface area contributed by atoms with Gasteiger partial charge in [0, 0.05) is 12.6 Å². The molecule has 0 aromatic rings. The number of nitrogens with one attached hydrogen (secondary N) is 2. The minimum Gasteiger partial charge on any atom is -0.388 e. The minimum atomic E-state index is -0.709. The molecule has 2 rings (SSSR count). The molecular weight excluding hydrogens is 252 g/mol. The molecule has 2 amide bonds. The summed E-state index contributed by atoms with van der Waals surface area (Å²) in [6, 6.07) is 0.207. The van der Waals surface area contributed by atoms with Gasteiger partial charge in [-0.2, -0.15) is 0 Å². The van der Waals surface area contributed by atoms with Gasteiger partial charge in [-0.3, -0.25) is 0 Å². The highest BCUT2D eigenvalue weighted by Gasteiger charge is 2.36. The van der Waals surface area contributed by atoms with Crippen molar-refractivity contribution in [2.24, 2.45) is 5.41 Å². The standard InChI is InChI=1S/C16H30N2O2/c1-15(2)8-10-16(20,11-9-15)12-17-14(19)18-13-6-4-3-5-7-13/h13,20H,3-12H2,1-2H3,(H2,17,18,19). The Morgan fingerprint density at radius 2 is 1.70 bits per heavy atom. The van der Waals surface area contributed by atoms with Crippen molar-refractivity contribution in [3.63, 3.8) is 0 Å². The first-order chi connectivity index (χ1) is 9.39. The van der Waals surface area contributed by atoms with Gasteiger partial charge >= 0.3 is 6.03 Å². The summed E-state index contributed by atoms with van der Waals surface area (Å²) in [5.74, 6) is 0. The Hall–Kier alpha value is -0.770. The van der Waals surface area contributed by atoms with Crippen LogP contribution in [-0.4, -0.2) is 29.3 Å². The van der Waals surface area contributed by atoms with E-state index in [1.54, 1.807) is 0 Å². The fourth-order valence-electron chi connectivity index (χ4n) is 3.30. The van der Waals surface area contributed by atoms with Gasteiger partial charge in [-0.25, -0.2) is 4.79 Å². The molecular formula is C16H30N2O2. The lowest BCUT2D eigenvalue weighted by atomic mass is 9.71. The van der Waals surface area contributed by atoms with Crippen LogP contribution < -0.4 is 10.6 Å². The van der Waals surface area contributed by atoms with Crippen LogP contribution in [0.4, 0.5) is 4.79 Å². The van der Waals surface area contributed by atoms with Crippen molar-refractivity contribution in [2.75, 3.05) is 6.54 Å². The first kappa shape index (κ1) is 15.6. The Labute approximate surface area is 122 Å². The highest BCUT2D eigenvalue weighted by molar-refractivity contribution is 5.74. The van der Waals surface area contributed by atoms with Gasteiger partial charge < -0.3 is 15.7 Å². The third-order valence-corrected chi connectivity index (χ3v) is 5.05. The van der Waals surface area contributed by atoms with Crippen molar-refractivity contribution < 1.29 is 9.90 Å². The highest BCUT2D eigenvalue weighted by atomic mass is 16.3. The second kappa shape index (κ2) is 6.33. The molecule has 3 N–H and O–H groups in total. The van der Waals surface area contributed by atoms with Crippen molar-refractivity contribution in [3.05, 3.63) is 0 Å². The monoisotopic (exact) mass is 282 g/mol. The van der Waals surface area contributed by atoms with Gasteiger partial charge in [-0.15, -0.1) is 0 Å². The van der Waals surface area contributed by atoms with E-state index in [9.17, 15) is 9.90 Å². The molecule has 0 saturated heterocycles. The van der Waals surface area contributed by atoms with Crippen molar-refractivity contribution in [1.82, 2.24) is 10.6 Å². The van der Waals surface area contributed by atoms with E-state index in [2.05, 4.69) is 24.5 Å². The van der Waals surface area contributed by atoms with E-state index in [4.69, 9.17) is 0 Å². The topological polar surface area (TPSA) is 61.4 Å². The van der Waals surface area contributed by atoms with Crippen LogP contribution in [-0.2, 0) is 0 Å². The number of amides is 2. The van der Waals surface area contributed by atoms with Gasteiger partial charge in [0.15, 0.2) is 0 Å². The first-order valence-electron chi connectivity index (χ1n) is 8.15. The molecule has 4 heteroatoms. The summed E-state index contributed by atoms with van der Waals surface area (Å²) in [6.07, 6.45) is 9.50. The zero-order valence-electron chi connectivity index (χ0n) is 13.0. The van der Waals surface area contributed by atoms with E-state index in [1.807, 2.05) is 0 Å². The van der Waals surface area contributed by atoms with E-state index in [0.717, 1.165) is 38.5 Å². The Morgan fingerprint density at radius 3 is 2.30 bits per heavy atom. The van der Waals surface area contributed by atoms with Gasteiger partial charge in [0.2, 0.25) is 0 Å². The third kappa shape index (κ3) is 4.65. The van der Waals surface area contributed by atoms with Crippen molar-refractivity contribution in [3.8, 4) is 0 Å². The summed E-state index contributed by atoms with van der Waals surface area (Å²) in [7, 11) is 0. The lowest BCUT2D eigenvalue weighted by molar-refractivity contribution is -0.0223. The number of hydrogen-bond donors (Lipinski definition) is 3. The summed E-state index contributed by atoms with van der Waals surface area (Å²) in [5.41, 5.74) is -0.379. The predicted molar refractivity (Wildman–Crippen MR) is 80.6 cm³/mol. The number of urea groups is 1. The molecule has 0 aromatic heterocycles. The summed E-state index contributed by atoms with van der Waals surface area (Å²) in [4.78, 5) is 11.9. The predicted octanol–water partition coefficient (Wildman–Crippen LogP) is 2.95. The van der Waals surface area contributed by atoms with E-state index in [-0.39, 0.29) is 6.03 Å². The van der Waals surface area contributed by atoms with Crippen LogP contribution in [0.2, 0.25) is 0 Å². The number of hydrogen-bond acceptors (Lipinski definition) is 2. The summed E-state index contributed by atoms with van der Waals surface area (Å²) in [5, 5.41) is 16.4. The molecule has 0 aliphatic heterocycles. The molecule has 0 bridgehead atoms. The summed E-state index contributed by atoms with van der Waals surface area (Å²) in [6.45, 7) is 4.87. The smallest absolute Gasteiger partial charge is 0.315 e. The Balaban J connectivity index is 1.70. The van der Waals surface area contributed by atoms with Crippen molar-refractivity contribution in [1.29, 1.82) is 0 Å². The molecule has 0 unspecified atom stereocenters. The largest absolute Gasteiger partial charge is 0.388 e. The Bertz CT molecular complexity index is 325. The van der Waals surface area contributed by atoms with Crippen LogP contribution in [0.5, 0.6) is 0 Å². The van der Waals surface area contributed by atoms with Crippen LogP contribution in [0.3, 0.4) is 0 Å². The summed E-state index contributed by atoms with van der Waals surface area (Å²) >= 11 is 0. The first-order valence-corrected chi connectivity index (χ1v) is 8.15. The zero-order chi connectivity index (χ0) is 14.6. The molecule has 0 spiro atoms. The highest BCUT2D eigenvalue weighted by Crippen LogP contribution is 2.39.